The van der Waals surface area contributed by atoms with Gasteiger partial charge in [-0.1, -0.05) is 11.8 Å². The summed E-state index contributed by atoms with van der Waals surface area (Å²) in [5.74, 6) is -1.86. The fourth-order valence-electron chi connectivity index (χ4n) is 2.41. The summed E-state index contributed by atoms with van der Waals surface area (Å²) >= 11 is 1.09. The van der Waals surface area contributed by atoms with Crippen LogP contribution < -0.4 is 15.6 Å². The minimum absolute atomic E-state index is 0.0610. The molecule has 1 amide bonds. The summed E-state index contributed by atoms with van der Waals surface area (Å²) in [5, 5.41) is 2.66. The average molecular weight is 389 g/mol. The third-order valence-corrected chi connectivity index (χ3v) is 4.13. The number of anilines is 1. The van der Waals surface area contributed by atoms with E-state index in [1.54, 1.807) is 6.26 Å². The van der Waals surface area contributed by atoms with Crippen LogP contribution >= 0.6 is 11.8 Å². The number of amides is 1. The van der Waals surface area contributed by atoms with Crippen molar-refractivity contribution >= 4 is 23.5 Å². The lowest BCUT2D eigenvalue weighted by Crippen LogP contribution is -2.24. The highest BCUT2D eigenvalue weighted by molar-refractivity contribution is 7.98. The van der Waals surface area contributed by atoms with Crippen LogP contribution in [-0.4, -0.2) is 34.5 Å². The summed E-state index contributed by atoms with van der Waals surface area (Å²) < 4.78 is 56.2. The van der Waals surface area contributed by atoms with Crippen LogP contribution in [0, 0.1) is 5.82 Å². The Labute approximate surface area is 148 Å². The minimum Gasteiger partial charge on any atom is -0.481 e. The number of halogens is 4. The molecule has 1 aliphatic rings. The lowest BCUT2D eigenvalue weighted by atomic mass is 10.2. The van der Waals surface area contributed by atoms with Gasteiger partial charge in [-0.3, -0.25) is 14.2 Å². The Morgan fingerprint density at radius 3 is 2.69 bits per heavy atom. The molecule has 2 aromatic rings. The van der Waals surface area contributed by atoms with Crippen molar-refractivity contribution in [3.63, 3.8) is 0 Å². The van der Waals surface area contributed by atoms with Crippen LogP contribution in [0.3, 0.4) is 0 Å². The minimum atomic E-state index is -4.60. The van der Waals surface area contributed by atoms with Crippen LogP contribution in [0.15, 0.2) is 28.2 Å². The van der Waals surface area contributed by atoms with Gasteiger partial charge in [-0.05, 0) is 18.4 Å². The number of hydrogen-bond acceptors (Lipinski definition) is 5. The molecule has 1 aromatic carbocycles. The monoisotopic (exact) mass is 389 g/mol. The van der Waals surface area contributed by atoms with Gasteiger partial charge in [0.1, 0.15) is 5.82 Å². The molecule has 0 saturated carbocycles. The number of nitrogens with one attached hydrogen (secondary N) is 1. The Morgan fingerprint density at radius 2 is 2.08 bits per heavy atom. The topological polar surface area (TPSA) is 73.2 Å². The van der Waals surface area contributed by atoms with Crippen LogP contribution in [0.25, 0.3) is 5.69 Å². The van der Waals surface area contributed by atoms with Gasteiger partial charge in [0.2, 0.25) is 5.91 Å². The van der Waals surface area contributed by atoms with Crippen molar-refractivity contribution in [2.24, 2.45) is 0 Å². The first-order valence-corrected chi connectivity index (χ1v) is 8.41. The highest BCUT2D eigenvalue weighted by Gasteiger charge is 2.29. The van der Waals surface area contributed by atoms with Crippen molar-refractivity contribution in [1.29, 1.82) is 0 Å². The maximum Gasteiger partial charge on any atom is 0.422 e. The van der Waals surface area contributed by atoms with Gasteiger partial charge in [0, 0.05) is 6.07 Å². The van der Waals surface area contributed by atoms with Gasteiger partial charge in [-0.15, -0.1) is 0 Å². The van der Waals surface area contributed by atoms with Crippen molar-refractivity contribution in [3.8, 4) is 11.4 Å². The zero-order chi connectivity index (χ0) is 19.1. The zero-order valence-corrected chi connectivity index (χ0v) is 14.0. The number of nitrogens with zero attached hydrogens (tertiary/aromatic N) is 2. The van der Waals surface area contributed by atoms with Gasteiger partial charge in [0.15, 0.2) is 23.3 Å². The maximum atomic E-state index is 14.1. The number of alkyl halides is 3. The van der Waals surface area contributed by atoms with Crippen LogP contribution in [0.2, 0.25) is 0 Å². The fourth-order valence-corrected chi connectivity index (χ4v) is 2.96. The van der Waals surface area contributed by atoms with Gasteiger partial charge in [0.25, 0.3) is 5.56 Å². The van der Waals surface area contributed by atoms with Crippen molar-refractivity contribution in [3.05, 3.63) is 39.9 Å². The molecule has 1 N–H and O–H groups in total. The molecule has 1 aliphatic heterocycles. The summed E-state index contributed by atoms with van der Waals surface area (Å²) in [4.78, 5) is 28.3. The Kier molecular flexibility index (Phi) is 4.65. The Morgan fingerprint density at radius 1 is 1.35 bits per heavy atom. The van der Waals surface area contributed by atoms with Crippen molar-refractivity contribution in [1.82, 2.24) is 9.55 Å². The molecular formula is C15H11F4N3O3S. The number of hydrogen-bond donors (Lipinski definition) is 1. The molecule has 1 aromatic heterocycles. The predicted octanol–water partition coefficient (Wildman–Crippen LogP) is 2.53. The summed E-state index contributed by atoms with van der Waals surface area (Å²) in [7, 11) is 0. The first-order valence-electron chi connectivity index (χ1n) is 7.19. The van der Waals surface area contributed by atoms with E-state index in [4.69, 9.17) is 0 Å². The van der Waals surface area contributed by atoms with Crippen molar-refractivity contribution in [2.75, 3.05) is 18.2 Å². The molecule has 0 spiro atoms. The molecule has 0 radical (unpaired) electrons. The van der Waals surface area contributed by atoms with E-state index in [-0.39, 0.29) is 34.6 Å². The smallest absolute Gasteiger partial charge is 0.422 e. The van der Waals surface area contributed by atoms with Crippen molar-refractivity contribution in [2.45, 2.75) is 17.8 Å². The third-order valence-electron chi connectivity index (χ3n) is 3.49. The number of carbonyl (C=O) groups excluding carboxylic acids is 1. The van der Waals surface area contributed by atoms with Crippen LogP contribution in [-0.2, 0) is 11.2 Å². The summed E-state index contributed by atoms with van der Waals surface area (Å²) in [6.07, 6.45) is -3.11. The number of ether oxygens (including phenoxy) is 1. The number of rotatable bonds is 4. The van der Waals surface area contributed by atoms with Gasteiger partial charge in [0.05, 0.1) is 17.7 Å². The third kappa shape index (κ3) is 3.52. The summed E-state index contributed by atoms with van der Waals surface area (Å²) in [5.41, 5.74) is -0.350. The molecule has 0 saturated heterocycles. The van der Waals surface area contributed by atoms with Gasteiger partial charge in [-0.2, -0.15) is 13.2 Å². The van der Waals surface area contributed by atoms with E-state index in [1.807, 2.05) is 0 Å². The van der Waals surface area contributed by atoms with Gasteiger partial charge < -0.3 is 10.1 Å². The number of aromatic nitrogens is 2. The molecule has 0 atom stereocenters. The highest BCUT2D eigenvalue weighted by atomic mass is 32.2. The molecule has 0 fully saturated rings. The van der Waals surface area contributed by atoms with E-state index in [2.05, 4.69) is 15.0 Å². The van der Waals surface area contributed by atoms with Gasteiger partial charge in [-0.25, -0.2) is 9.37 Å². The molecule has 26 heavy (non-hydrogen) atoms. The Balaban J connectivity index is 2.02. The lowest BCUT2D eigenvalue weighted by molar-refractivity contribution is -0.153. The van der Waals surface area contributed by atoms with E-state index in [0.717, 1.165) is 28.5 Å². The highest BCUT2D eigenvalue weighted by Crippen LogP contribution is 2.27. The van der Waals surface area contributed by atoms with E-state index >= 15 is 0 Å². The summed E-state index contributed by atoms with van der Waals surface area (Å²) in [6, 6.07) is 3.13. The van der Waals surface area contributed by atoms with Crippen LogP contribution in [0.4, 0.5) is 23.4 Å². The zero-order valence-electron chi connectivity index (χ0n) is 13.2. The number of fused-ring (bicyclic) bond motifs is 1. The molecule has 3 rings (SSSR count). The Bertz CT molecular complexity index is 943. The largest absolute Gasteiger partial charge is 0.481 e. The first kappa shape index (κ1) is 18.2. The van der Waals surface area contributed by atoms with E-state index in [1.165, 1.54) is 6.07 Å². The summed E-state index contributed by atoms with van der Waals surface area (Å²) in [6.45, 7) is -1.63. The lowest BCUT2D eigenvalue weighted by Gasteiger charge is -2.14. The molecule has 11 heteroatoms. The molecule has 2 heterocycles. The predicted molar refractivity (Wildman–Crippen MR) is 85.5 cm³/mol. The number of carbonyl (C=O) groups is 1. The quantitative estimate of drug-likeness (QED) is 0.494. The standard InChI is InChI=1S/C15H11F4N3O3S/c1-26-14-21-12-8(5-11(23)20-12)13(24)22(14)7-2-3-10(9(16)4-7)25-6-15(17,18)19/h2-4H,5-6H2,1H3,(H,20,23). The maximum absolute atomic E-state index is 14.1. The van der Waals surface area contributed by atoms with Crippen LogP contribution in [0.1, 0.15) is 5.56 Å². The van der Waals surface area contributed by atoms with Gasteiger partial charge >= 0.3 is 6.18 Å². The number of thioether (sulfide) groups is 1. The first-order chi connectivity index (χ1) is 12.2. The molecule has 0 aliphatic carbocycles. The molecule has 0 unspecified atom stereocenters. The van der Waals surface area contributed by atoms with E-state index < -0.39 is 29.9 Å². The SMILES string of the molecule is CSc1nc2c(c(=O)n1-c1ccc(OCC(F)(F)F)c(F)c1)CC(=O)N2. The molecule has 0 bridgehead atoms. The second-order valence-corrected chi connectivity index (χ2v) is 6.08. The fraction of sp³-hybridized carbons (Fsp3) is 0.267. The van der Waals surface area contributed by atoms with E-state index in [0.29, 0.717) is 0 Å². The van der Waals surface area contributed by atoms with Crippen molar-refractivity contribution < 1.29 is 27.1 Å². The normalized spacial score (nSPS) is 13.5. The van der Waals surface area contributed by atoms with Crippen LogP contribution in [0.5, 0.6) is 5.75 Å². The molecular weight excluding hydrogens is 378 g/mol. The second kappa shape index (κ2) is 6.63. The average Bonchev–Trinajstić information content (AvgIpc) is 2.93. The Hall–Kier alpha value is -2.56. The number of benzene rings is 1. The van der Waals surface area contributed by atoms with E-state index in [9.17, 15) is 27.2 Å². The molecule has 138 valence electrons. The molecule has 6 nitrogen and oxygen atoms in total. The second-order valence-electron chi connectivity index (χ2n) is 5.31.